The van der Waals surface area contributed by atoms with Crippen LogP contribution in [0.5, 0.6) is 40.2 Å². The molecule has 21 nitrogen and oxygen atoms in total. The summed E-state index contributed by atoms with van der Waals surface area (Å²) in [5.41, 5.74) is 10.9. The van der Waals surface area contributed by atoms with Crippen LogP contribution < -0.4 is 30.6 Å². The van der Waals surface area contributed by atoms with Crippen molar-refractivity contribution in [3.63, 3.8) is 0 Å². The van der Waals surface area contributed by atoms with Crippen LogP contribution in [0, 0.1) is 50.4 Å². The number of halogens is 6. The molecule has 0 fully saturated rings. The number of nitrogen functional groups attached to an aromatic ring is 1. The summed E-state index contributed by atoms with van der Waals surface area (Å²) in [7, 11) is 0. The van der Waals surface area contributed by atoms with E-state index in [9.17, 15) is 42.6 Å². The third-order valence-corrected chi connectivity index (χ3v) is 23.7. The number of pyridine rings is 5. The number of aryl methyl sites for hydroxylation is 1. The van der Waals surface area contributed by atoms with Gasteiger partial charge in [-0.05, 0) is 128 Å². The minimum atomic E-state index is -0.987. The first-order valence-corrected chi connectivity index (χ1v) is 40.3. The Hall–Kier alpha value is -9.85. The Morgan fingerprint density at radius 1 is 0.541 bits per heavy atom. The fourth-order valence-corrected chi connectivity index (χ4v) is 16.4. The van der Waals surface area contributed by atoms with Crippen molar-refractivity contribution in [1.82, 2.24) is 30.2 Å². The zero-order chi connectivity index (χ0) is 79.1. The number of nitro groups is 2. The molecule has 1 amide bonds. The molecule has 0 unspecified atom stereocenters. The minimum absolute atomic E-state index is 0. The van der Waals surface area contributed by atoms with Gasteiger partial charge in [-0.1, -0.05) is 53.5 Å². The molecule has 0 aliphatic heterocycles. The SMILES string of the molecule is CC(=O)O.CSc1cc2nccc(Cl)c2s1.CSc1cc2nccc(Oc3ccc(N)cc3F)c2s1.CSc1cc2nccc(Oc3ccc([N+](=O)[O-])cc3F)c2s1.Cc1cc2nccc(Oc3ccc(NC(=S)NC(=O)Cc4ccccc4)cc3F)c2s1.Clc1ccnc2ccsc12.O=[N+]([O-])c1ccc(O)c(F)c1.[Fe]. The summed E-state index contributed by atoms with van der Waals surface area (Å²) >= 11 is 29.9. The van der Waals surface area contributed by atoms with Gasteiger partial charge in [0.2, 0.25) is 5.91 Å². The summed E-state index contributed by atoms with van der Waals surface area (Å²) in [6.07, 6.45) is 14.5. The molecule has 111 heavy (non-hydrogen) atoms. The van der Waals surface area contributed by atoms with Gasteiger partial charge in [-0.3, -0.25) is 54.7 Å². The van der Waals surface area contributed by atoms with Gasteiger partial charge in [0, 0.05) is 114 Å². The Balaban J connectivity index is 0.000000172. The number of phenolic OH excluding ortho intramolecular Hbond substituents is 1. The van der Waals surface area contributed by atoms with Gasteiger partial charge in [0.05, 0.1) is 102 Å². The Morgan fingerprint density at radius 2 is 0.964 bits per heavy atom. The summed E-state index contributed by atoms with van der Waals surface area (Å²) in [5, 5.41) is 45.8. The van der Waals surface area contributed by atoms with Crippen LogP contribution in [0.25, 0.3) is 51.1 Å². The number of amides is 1. The van der Waals surface area contributed by atoms with Crippen molar-refractivity contribution < 1.29 is 78.5 Å². The van der Waals surface area contributed by atoms with E-state index < -0.39 is 44.8 Å². The molecule has 0 spiro atoms. The maximum absolute atomic E-state index is 14.6. The number of carboxylic acid groups (broad SMARTS) is 1. The number of thiophene rings is 5. The van der Waals surface area contributed by atoms with E-state index in [0.29, 0.717) is 34.7 Å². The number of carbonyl (C=O) groups excluding carboxylic acids is 1. The minimum Gasteiger partial charge on any atom is -0.505 e. The van der Waals surface area contributed by atoms with E-state index in [4.69, 9.17) is 70.4 Å². The van der Waals surface area contributed by atoms with Crippen molar-refractivity contribution in [2.75, 3.05) is 29.8 Å². The van der Waals surface area contributed by atoms with Crippen LogP contribution in [0.15, 0.2) is 213 Å². The molecule has 0 bridgehead atoms. The van der Waals surface area contributed by atoms with Crippen LogP contribution in [0.2, 0.25) is 10.0 Å². The average molecular weight is 1750 g/mol. The number of carbonyl (C=O) groups is 2. The number of benzene rings is 5. The number of fused-ring (bicyclic) bond motifs is 5. The molecule has 6 N–H and O–H groups in total. The van der Waals surface area contributed by atoms with Crippen molar-refractivity contribution in [1.29, 1.82) is 0 Å². The molecule has 10 heterocycles. The number of ether oxygens (including phenoxy) is 3. The number of thiocarbonyl (C=S) groups is 1. The van der Waals surface area contributed by atoms with E-state index in [1.165, 1.54) is 51.9 Å². The molecule has 15 aromatic rings. The third kappa shape index (κ3) is 25.1. The smallest absolute Gasteiger partial charge is 0.300 e. The fourth-order valence-electron chi connectivity index (χ4n) is 9.12. The predicted octanol–water partition coefficient (Wildman–Crippen LogP) is 23.1. The van der Waals surface area contributed by atoms with Crippen LogP contribution in [-0.4, -0.2) is 80.7 Å². The van der Waals surface area contributed by atoms with Crippen molar-refractivity contribution in [2.24, 2.45) is 0 Å². The molecule has 572 valence electrons. The monoisotopic (exact) mass is 1750 g/mol. The number of thioether (sulfide) groups is 3. The maximum atomic E-state index is 14.6. The summed E-state index contributed by atoms with van der Waals surface area (Å²) < 4.78 is 80.0. The van der Waals surface area contributed by atoms with Crippen LogP contribution >= 0.6 is 127 Å². The number of anilines is 2. The zero-order valence-corrected chi connectivity index (χ0v) is 67.8. The predicted molar refractivity (Wildman–Crippen MR) is 441 cm³/mol. The van der Waals surface area contributed by atoms with Gasteiger partial charge in [-0.25, -0.2) is 17.6 Å². The summed E-state index contributed by atoms with van der Waals surface area (Å²) in [4.78, 5) is 62.7. The van der Waals surface area contributed by atoms with Gasteiger partial charge in [0.15, 0.2) is 51.4 Å². The van der Waals surface area contributed by atoms with Gasteiger partial charge in [0.1, 0.15) is 17.2 Å². The Kier molecular flexibility index (Phi) is 32.8. The number of carboxylic acids is 1. The second-order valence-corrected chi connectivity index (χ2v) is 31.6. The number of rotatable bonds is 14. The van der Waals surface area contributed by atoms with Crippen LogP contribution in [0.1, 0.15) is 17.4 Å². The molecule has 37 heteroatoms. The molecule has 0 atom stereocenters. The molecule has 15 rings (SSSR count). The molecule has 0 radical (unpaired) electrons. The molecule has 5 aromatic carbocycles. The molecular weight excluding hydrogens is 1700 g/mol. The molecule has 0 aliphatic carbocycles. The van der Waals surface area contributed by atoms with E-state index in [0.717, 1.165) is 105 Å². The van der Waals surface area contributed by atoms with Gasteiger partial charge >= 0.3 is 0 Å². The van der Waals surface area contributed by atoms with E-state index >= 15 is 0 Å². The van der Waals surface area contributed by atoms with Crippen molar-refractivity contribution in [2.45, 2.75) is 32.9 Å². The third-order valence-electron chi connectivity index (χ3n) is 14.0. The molecule has 10 aromatic heterocycles. The largest absolute Gasteiger partial charge is 0.505 e. The summed E-state index contributed by atoms with van der Waals surface area (Å²) in [5.74, 6) is -2.66. The number of nitrogens with two attached hydrogens (primary N) is 1. The number of aromatic hydroxyl groups is 1. The quantitative estimate of drug-likeness (QED) is 0.0128. The number of hydrogen-bond donors (Lipinski definition) is 5. The molecule has 0 saturated heterocycles. The summed E-state index contributed by atoms with van der Waals surface area (Å²) in [6.45, 7) is 3.07. The van der Waals surface area contributed by atoms with Crippen molar-refractivity contribution in [3.05, 3.63) is 264 Å². The fraction of sp³-hybridized carbons (Fsp3) is 0.0811. The van der Waals surface area contributed by atoms with Crippen molar-refractivity contribution >= 4 is 218 Å². The first-order chi connectivity index (χ1) is 52.8. The van der Waals surface area contributed by atoms with E-state index in [1.807, 2.05) is 85.5 Å². The Bertz CT molecular complexity index is 5790. The number of nitro benzene ring substituents is 2. The number of hydrogen-bond acceptors (Lipinski definition) is 25. The number of nitrogens with zero attached hydrogens (tertiary/aromatic N) is 7. The molecular formula is C74H56Cl2F4FeN10O11S9. The van der Waals surface area contributed by atoms with Crippen LogP contribution in [0.4, 0.5) is 40.3 Å². The van der Waals surface area contributed by atoms with Gasteiger partial charge in [0.25, 0.3) is 17.3 Å². The number of aliphatic carboxylic acids is 1. The van der Waals surface area contributed by atoms with Crippen LogP contribution in [0.3, 0.4) is 0 Å². The average Bonchev–Trinajstić information content (AvgIpc) is 1.62. The second-order valence-electron chi connectivity index (χ2n) is 21.8. The van der Waals surface area contributed by atoms with Gasteiger partial charge in [-0.15, -0.1) is 92.0 Å². The number of phenols is 1. The van der Waals surface area contributed by atoms with E-state index in [-0.39, 0.29) is 63.1 Å². The maximum Gasteiger partial charge on any atom is 0.300 e. The molecule has 0 aliphatic rings. The van der Waals surface area contributed by atoms with Crippen molar-refractivity contribution in [3.8, 4) is 40.2 Å². The number of nitrogens with one attached hydrogen (secondary N) is 2. The molecule has 0 saturated carbocycles. The standard InChI is InChI=1S/C23H18FN3O2S2.C14H9FN2O3S2.C14H11FN2OS2.C8H6ClNS2.C7H4ClNS.C6H4FNO3.C2H4O2.Fe/c1-14-11-18-22(31-14)20(9-10-25-18)29-19-8-7-16(13-17(19)24)26-23(30)27-21(28)12-15-5-3-2-4-6-15;1-21-13-7-10-14(22-13)12(4-5-16-10)20-11-3-2-8(17(18)19)6-9(11)15;1-19-13-7-10-14(20-13)12(4-5-17-10)18-11-3-2-8(16)6-9(11)15;1-11-7-4-6-8(12-7)5(9)2-3-10-6;8-5-1-3-9-6-2-4-10-7(5)6;7-5-3-4(8(10)11)1-2-6(5)9;1-2(3)4;/h2-11,13H,12H2,1H3,(H2,26,27,28,30);2-7H,1H3;2-7H,16H2,1H3;2-4H,1H3;1-4H;1-3,9H;1H3,(H,3,4);. The zero-order valence-electron chi connectivity index (χ0n) is 57.8. The van der Waals surface area contributed by atoms with Gasteiger partial charge < -0.3 is 40.8 Å². The normalized spacial score (nSPS) is 10.4. The second kappa shape index (κ2) is 42.0. The Labute approximate surface area is 688 Å². The first-order valence-electron chi connectivity index (χ1n) is 31.3. The van der Waals surface area contributed by atoms with E-state index in [2.05, 4.69) is 47.9 Å². The summed E-state index contributed by atoms with van der Waals surface area (Å²) in [6, 6.07) is 42.7. The topological polar surface area (TPSA) is 303 Å². The first kappa shape index (κ1) is 86.7. The number of non-ortho nitro benzene ring substituents is 2. The number of aromatic nitrogens is 5. The van der Waals surface area contributed by atoms with E-state index in [1.54, 1.807) is 148 Å². The Morgan fingerprint density at radius 3 is 1.43 bits per heavy atom. The van der Waals surface area contributed by atoms with Crippen LogP contribution in [-0.2, 0) is 33.1 Å². The van der Waals surface area contributed by atoms with Gasteiger partial charge in [-0.2, -0.15) is 0 Å².